The van der Waals surface area contributed by atoms with Gasteiger partial charge in [-0.05, 0) is 19.1 Å². The third-order valence-electron chi connectivity index (χ3n) is 1.81. The molecule has 0 aliphatic heterocycles. The molecule has 0 bridgehead atoms. The average molecular weight is 272 g/mol. The zero-order valence-electron chi connectivity index (χ0n) is 9.42. The van der Waals surface area contributed by atoms with Crippen molar-refractivity contribution in [3.05, 3.63) is 34.4 Å². The van der Waals surface area contributed by atoms with E-state index < -0.39 is 10.9 Å². The Balaban J connectivity index is 2.65. The smallest absolute Gasteiger partial charge is 0.370 e. The van der Waals surface area contributed by atoms with Gasteiger partial charge in [0.25, 0.3) is 5.69 Å². The number of benzene rings is 1. The summed E-state index contributed by atoms with van der Waals surface area (Å²) in [5.74, 6) is -0.742. The van der Waals surface area contributed by atoms with Crippen LogP contribution in [-0.4, -0.2) is 22.7 Å². The molecule has 0 aliphatic carbocycles. The third kappa shape index (κ3) is 4.02. The predicted molar refractivity (Wildman–Crippen MR) is 66.6 cm³/mol. The van der Waals surface area contributed by atoms with Crippen molar-refractivity contribution in [1.29, 1.82) is 0 Å². The summed E-state index contributed by atoms with van der Waals surface area (Å²) in [7, 11) is 0. The fourth-order valence-corrected chi connectivity index (χ4v) is 1.10. The maximum atomic E-state index is 11.1. The van der Waals surface area contributed by atoms with Crippen LogP contribution < -0.4 is 5.43 Å². The molecular weight excluding hydrogens is 262 g/mol. The number of ether oxygens (including phenoxy) is 1. The Bertz CT molecular complexity index is 473. The summed E-state index contributed by atoms with van der Waals surface area (Å²) < 4.78 is 4.61. The minimum absolute atomic E-state index is 0.0407. The number of carbonyl (C=O) groups excluding carboxylic acids is 1. The van der Waals surface area contributed by atoms with Crippen LogP contribution in [0.5, 0.6) is 0 Å². The van der Waals surface area contributed by atoms with Gasteiger partial charge in [-0.15, -0.1) is 0 Å². The first kappa shape index (κ1) is 13.9. The first-order valence-electron chi connectivity index (χ1n) is 4.95. The Hall–Kier alpha value is -2.15. The lowest BCUT2D eigenvalue weighted by molar-refractivity contribution is -0.384. The first-order chi connectivity index (χ1) is 8.54. The van der Waals surface area contributed by atoms with E-state index >= 15 is 0 Å². The maximum absolute atomic E-state index is 11.1. The molecule has 1 rings (SSSR count). The molecule has 18 heavy (non-hydrogen) atoms. The molecule has 0 unspecified atom stereocenters. The Morgan fingerprint density at radius 2 is 2.11 bits per heavy atom. The molecule has 1 aromatic rings. The van der Waals surface area contributed by atoms with E-state index in [0.717, 1.165) is 0 Å². The third-order valence-corrected chi connectivity index (χ3v) is 2.04. The quantitative estimate of drug-likeness (QED) is 0.383. The van der Waals surface area contributed by atoms with Crippen LogP contribution in [0, 0.1) is 10.1 Å². The summed E-state index contributed by atoms with van der Waals surface area (Å²) in [5.41, 5.74) is 2.90. The van der Waals surface area contributed by atoms with Crippen molar-refractivity contribution in [3.8, 4) is 0 Å². The lowest BCUT2D eigenvalue weighted by Crippen LogP contribution is -2.13. The summed E-state index contributed by atoms with van der Waals surface area (Å²) in [6.45, 7) is 1.84. The molecule has 0 saturated carbocycles. The van der Waals surface area contributed by atoms with Gasteiger partial charge in [0.05, 0.1) is 17.2 Å². The second-order valence-electron chi connectivity index (χ2n) is 3.04. The van der Waals surface area contributed by atoms with Crippen molar-refractivity contribution < 1.29 is 14.5 Å². The van der Waals surface area contributed by atoms with Gasteiger partial charge in [-0.2, -0.15) is 5.10 Å². The second kappa shape index (κ2) is 6.55. The minimum Gasteiger partial charge on any atom is -0.461 e. The first-order valence-corrected chi connectivity index (χ1v) is 5.33. The Kier molecular flexibility index (Phi) is 5.06. The lowest BCUT2D eigenvalue weighted by Gasteiger charge is -2.01. The van der Waals surface area contributed by atoms with Crippen LogP contribution in [-0.2, 0) is 9.53 Å². The number of rotatable bonds is 5. The van der Waals surface area contributed by atoms with E-state index in [1.54, 1.807) is 6.92 Å². The topological polar surface area (TPSA) is 93.8 Å². The van der Waals surface area contributed by atoms with E-state index in [-0.39, 0.29) is 17.5 Å². The number of carbonyl (C=O) groups is 1. The number of hydrogen-bond acceptors (Lipinski definition) is 6. The van der Waals surface area contributed by atoms with Gasteiger partial charge in [-0.3, -0.25) is 15.5 Å². The van der Waals surface area contributed by atoms with Gasteiger partial charge in [0.1, 0.15) is 0 Å². The van der Waals surface area contributed by atoms with Crippen LogP contribution in [0.2, 0.25) is 0 Å². The summed E-state index contributed by atoms with van der Waals surface area (Å²) in [4.78, 5) is 21.0. The van der Waals surface area contributed by atoms with E-state index in [2.05, 4.69) is 15.3 Å². The molecular formula is C10H10ClN3O4. The molecule has 96 valence electrons. The zero-order chi connectivity index (χ0) is 13.5. The fraction of sp³-hybridized carbons (Fsp3) is 0.200. The molecule has 0 fully saturated rings. The second-order valence-corrected chi connectivity index (χ2v) is 3.40. The van der Waals surface area contributed by atoms with E-state index in [1.807, 2.05) is 0 Å². The molecule has 0 spiro atoms. The van der Waals surface area contributed by atoms with E-state index in [4.69, 9.17) is 11.6 Å². The van der Waals surface area contributed by atoms with Gasteiger partial charge in [-0.25, -0.2) is 4.79 Å². The highest BCUT2D eigenvalue weighted by molar-refractivity contribution is 6.82. The zero-order valence-corrected chi connectivity index (χ0v) is 10.2. The number of anilines is 1. The Labute approximate surface area is 108 Å². The van der Waals surface area contributed by atoms with E-state index in [9.17, 15) is 14.9 Å². The van der Waals surface area contributed by atoms with Crippen LogP contribution >= 0.6 is 11.6 Å². The summed E-state index contributed by atoms with van der Waals surface area (Å²) in [5, 5.41) is 13.6. The summed E-state index contributed by atoms with van der Waals surface area (Å²) in [6.07, 6.45) is 0. The van der Waals surface area contributed by atoms with Crippen molar-refractivity contribution in [3.63, 3.8) is 0 Å². The van der Waals surface area contributed by atoms with Gasteiger partial charge in [0, 0.05) is 12.1 Å². The molecule has 1 aromatic carbocycles. The van der Waals surface area contributed by atoms with Crippen molar-refractivity contribution in [2.45, 2.75) is 6.92 Å². The van der Waals surface area contributed by atoms with Crippen LogP contribution in [0.1, 0.15) is 6.92 Å². The predicted octanol–water partition coefficient (Wildman–Crippen LogP) is 2.12. The molecule has 0 aromatic heterocycles. The number of halogens is 1. The molecule has 1 N–H and O–H groups in total. The van der Waals surface area contributed by atoms with Crippen LogP contribution in [0.25, 0.3) is 0 Å². The maximum Gasteiger partial charge on any atom is 0.370 e. The largest absolute Gasteiger partial charge is 0.461 e. The van der Waals surface area contributed by atoms with Gasteiger partial charge in [0.2, 0.25) is 5.17 Å². The molecule has 0 atom stereocenters. The number of hydrogen-bond donors (Lipinski definition) is 1. The van der Waals surface area contributed by atoms with Gasteiger partial charge in [-0.1, -0.05) is 11.6 Å². The molecule has 0 aliphatic rings. The van der Waals surface area contributed by atoms with Gasteiger partial charge < -0.3 is 4.74 Å². The van der Waals surface area contributed by atoms with Crippen molar-refractivity contribution in [2.24, 2.45) is 5.10 Å². The van der Waals surface area contributed by atoms with E-state index in [0.29, 0.717) is 5.69 Å². The van der Waals surface area contributed by atoms with Crippen LogP contribution in [0.4, 0.5) is 11.4 Å². The highest BCUT2D eigenvalue weighted by atomic mass is 35.5. The number of nitrogens with zero attached hydrogens (tertiary/aromatic N) is 2. The molecule has 0 heterocycles. The van der Waals surface area contributed by atoms with E-state index in [1.165, 1.54) is 24.3 Å². The normalized spacial score (nSPS) is 10.9. The lowest BCUT2D eigenvalue weighted by atomic mass is 10.3. The molecule has 0 radical (unpaired) electrons. The fourth-order valence-electron chi connectivity index (χ4n) is 1.01. The van der Waals surface area contributed by atoms with Crippen molar-refractivity contribution >= 4 is 34.1 Å². The van der Waals surface area contributed by atoms with Crippen molar-refractivity contribution in [1.82, 2.24) is 0 Å². The Morgan fingerprint density at radius 3 is 2.61 bits per heavy atom. The standard InChI is InChI=1S/C10H10ClN3O4/c1-2-18-10(15)9(11)13-12-7-3-5-8(6-4-7)14(16)17/h3-6,12H,2H2,1H3/b13-9+. The van der Waals surface area contributed by atoms with Crippen LogP contribution in [0.15, 0.2) is 29.4 Å². The molecule has 7 nitrogen and oxygen atoms in total. The highest BCUT2D eigenvalue weighted by Gasteiger charge is 2.09. The molecule has 0 saturated heterocycles. The Morgan fingerprint density at radius 1 is 1.50 bits per heavy atom. The molecule has 8 heteroatoms. The van der Waals surface area contributed by atoms with Crippen LogP contribution in [0.3, 0.4) is 0 Å². The number of nitro benzene ring substituents is 1. The van der Waals surface area contributed by atoms with Crippen molar-refractivity contribution in [2.75, 3.05) is 12.0 Å². The molecule has 0 amide bonds. The SMILES string of the molecule is CCOC(=O)/C(Cl)=N\Nc1ccc([N+](=O)[O-])cc1. The number of esters is 1. The average Bonchev–Trinajstić information content (AvgIpc) is 2.36. The van der Waals surface area contributed by atoms with Gasteiger partial charge in [0.15, 0.2) is 0 Å². The number of hydrazone groups is 1. The van der Waals surface area contributed by atoms with Gasteiger partial charge >= 0.3 is 5.97 Å². The summed E-state index contributed by atoms with van der Waals surface area (Å²) >= 11 is 5.55. The highest BCUT2D eigenvalue weighted by Crippen LogP contribution is 2.15. The summed E-state index contributed by atoms with van der Waals surface area (Å²) in [6, 6.07) is 5.49. The monoisotopic (exact) mass is 271 g/mol. The number of nitro groups is 1. The number of nitrogens with one attached hydrogen (secondary N) is 1. The minimum atomic E-state index is -0.742. The number of non-ortho nitro benzene ring substituents is 1.